The smallest absolute Gasteiger partial charge is 0.243 e. The monoisotopic (exact) mass is 342 g/mol. The molecule has 1 aliphatic rings. The highest BCUT2D eigenvalue weighted by atomic mass is 32.2. The first-order valence-electron chi connectivity index (χ1n) is 7.82. The molecule has 4 rings (SSSR count). The number of sulfonamides is 1. The first-order chi connectivity index (χ1) is 11.6. The molecule has 0 bridgehead atoms. The van der Waals surface area contributed by atoms with Gasteiger partial charge in [-0.2, -0.15) is 4.31 Å². The zero-order valence-electron chi connectivity index (χ0n) is 13.3. The largest absolute Gasteiger partial charge is 0.497 e. The number of methoxy groups -OCH3 is 1. The maximum Gasteiger partial charge on any atom is 0.243 e. The Balaban J connectivity index is 1.70. The van der Waals surface area contributed by atoms with E-state index >= 15 is 0 Å². The molecular formula is C18H18N2O3S. The van der Waals surface area contributed by atoms with E-state index in [0.29, 0.717) is 30.2 Å². The number of rotatable bonds is 3. The molecule has 0 aliphatic carbocycles. The van der Waals surface area contributed by atoms with E-state index in [2.05, 4.69) is 4.98 Å². The van der Waals surface area contributed by atoms with Crippen molar-refractivity contribution in [3.8, 4) is 5.75 Å². The number of nitrogens with one attached hydrogen (secondary N) is 1. The van der Waals surface area contributed by atoms with Crippen molar-refractivity contribution in [3.05, 3.63) is 59.8 Å². The van der Waals surface area contributed by atoms with Crippen molar-refractivity contribution in [1.29, 1.82) is 0 Å². The van der Waals surface area contributed by atoms with Crippen molar-refractivity contribution < 1.29 is 13.2 Å². The first-order valence-corrected chi connectivity index (χ1v) is 9.26. The van der Waals surface area contributed by atoms with Crippen LogP contribution in [0, 0.1) is 0 Å². The third kappa shape index (κ3) is 2.39. The molecule has 0 unspecified atom stereocenters. The highest BCUT2D eigenvalue weighted by Crippen LogP contribution is 2.30. The summed E-state index contributed by atoms with van der Waals surface area (Å²) in [4.78, 5) is 3.70. The van der Waals surface area contributed by atoms with E-state index < -0.39 is 10.0 Å². The second-order valence-corrected chi connectivity index (χ2v) is 7.83. The first kappa shape index (κ1) is 15.2. The average molecular weight is 342 g/mol. The number of hydrogen-bond acceptors (Lipinski definition) is 3. The maximum absolute atomic E-state index is 12.9. The molecular weight excluding hydrogens is 324 g/mol. The number of ether oxygens (including phenoxy) is 1. The molecule has 5 nitrogen and oxygen atoms in total. The molecule has 1 N–H and O–H groups in total. The SMILES string of the molecule is COc1ccc(S(=O)(=O)N2CCc3[nH]c4ccccc4c3C2)cc1. The molecule has 0 amide bonds. The minimum atomic E-state index is -3.51. The lowest BCUT2D eigenvalue weighted by Crippen LogP contribution is -2.35. The van der Waals surface area contributed by atoms with Crippen molar-refractivity contribution in [2.45, 2.75) is 17.9 Å². The van der Waals surface area contributed by atoms with Crippen LogP contribution >= 0.6 is 0 Å². The standard InChI is InChI=1S/C18H18N2O3S/c1-23-13-6-8-14(9-7-13)24(21,22)20-11-10-18-16(12-20)15-4-2-3-5-17(15)19-18/h2-9,19H,10-12H2,1H3. The number of hydrogen-bond donors (Lipinski definition) is 1. The maximum atomic E-state index is 12.9. The van der Waals surface area contributed by atoms with Crippen LogP contribution < -0.4 is 4.74 Å². The molecule has 6 heteroatoms. The van der Waals surface area contributed by atoms with Gasteiger partial charge in [0.15, 0.2) is 0 Å². The molecule has 0 fully saturated rings. The third-order valence-corrected chi connectivity index (χ3v) is 6.40. The number of fused-ring (bicyclic) bond motifs is 3. The van der Waals surface area contributed by atoms with E-state index in [1.807, 2.05) is 24.3 Å². The van der Waals surface area contributed by atoms with Crippen LogP contribution in [0.15, 0.2) is 53.4 Å². The van der Waals surface area contributed by atoms with Gasteiger partial charge in [0.25, 0.3) is 0 Å². The number of H-pyrrole nitrogens is 1. The molecule has 2 aromatic carbocycles. The lowest BCUT2D eigenvalue weighted by Gasteiger charge is -2.26. The summed E-state index contributed by atoms with van der Waals surface area (Å²) >= 11 is 0. The van der Waals surface area contributed by atoms with Crippen LogP contribution in [0.3, 0.4) is 0 Å². The van der Waals surface area contributed by atoms with Gasteiger partial charge in [0.2, 0.25) is 10.0 Å². The second kappa shape index (κ2) is 5.65. The number of aromatic nitrogens is 1. The number of benzene rings is 2. The highest BCUT2D eigenvalue weighted by molar-refractivity contribution is 7.89. The molecule has 0 saturated carbocycles. The lowest BCUT2D eigenvalue weighted by molar-refractivity contribution is 0.391. The van der Waals surface area contributed by atoms with Crippen LogP contribution in [0.1, 0.15) is 11.3 Å². The zero-order chi connectivity index (χ0) is 16.7. The molecule has 24 heavy (non-hydrogen) atoms. The van der Waals surface area contributed by atoms with Crippen molar-refractivity contribution in [3.63, 3.8) is 0 Å². The quantitative estimate of drug-likeness (QED) is 0.796. The van der Waals surface area contributed by atoms with E-state index in [-0.39, 0.29) is 0 Å². The molecule has 124 valence electrons. The van der Waals surface area contributed by atoms with Gasteiger partial charge < -0.3 is 9.72 Å². The summed E-state index contributed by atoms with van der Waals surface area (Å²) in [7, 11) is -1.95. The van der Waals surface area contributed by atoms with E-state index in [0.717, 1.165) is 22.2 Å². The summed E-state index contributed by atoms with van der Waals surface area (Å²) in [6.45, 7) is 0.877. The molecule has 0 radical (unpaired) electrons. The molecule has 0 atom stereocenters. The van der Waals surface area contributed by atoms with Crippen molar-refractivity contribution in [2.24, 2.45) is 0 Å². The summed E-state index contributed by atoms with van der Waals surface area (Å²) < 4.78 is 32.5. The fourth-order valence-electron chi connectivity index (χ4n) is 3.24. The molecule has 2 heterocycles. The summed E-state index contributed by atoms with van der Waals surface area (Å²) in [5, 5.41) is 1.10. The van der Waals surface area contributed by atoms with Gasteiger partial charge >= 0.3 is 0 Å². The Morgan fingerprint density at radius 3 is 2.58 bits per heavy atom. The predicted octanol–water partition coefficient (Wildman–Crippen LogP) is 2.92. The van der Waals surface area contributed by atoms with Crippen LogP contribution in [-0.4, -0.2) is 31.4 Å². The highest BCUT2D eigenvalue weighted by Gasteiger charge is 2.30. The Morgan fingerprint density at radius 1 is 1.08 bits per heavy atom. The molecule has 0 saturated heterocycles. The summed E-state index contributed by atoms with van der Waals surface area (Å²) in [5.74, 6) is 0.645. The Labute approximate surface area is 140 Å². The Morgan fingerprint density at radius 2 is 1.83 bits per heavy atom. The van der Waals surface area contributed by atoms with Gasteiger partial charge in [-0.05, 0) is 35.9 Å². The van der Waals surface area contributed by atoms with Gasteiger partial charge in [0.1, 0.15) is 5.75 Å². The number of nitrogens with zero attached hydrogens (tertiary/aromatic N) is 1. The Hall–Kier alpha value is -2.31. The van der Waals surface area contributed by atoms with Gasteiger partial charge in [-0.1, -0.05) is 18.2 Å². The van der Waals surface area contributed by atoms with Crippen molar-refractivity contribution in [2.75, 3.05) is 13.7 Å². The number of aromatic amines is 1. The van der Waals surface area contributed by atoms with Crippen molar-refractivity contribution >= 4 is 20.9 Å². The van der Waals surface area contributed by atoms with Crippen molar-refractivity contribution in [1.82, 2.24) is 9.29 Å². The summed E-state index contributed by atoms with van der Waals surface area (Å²) in [5.41, 5.74) is 3.28. The van der Waals surface area contributed by atoms with E-state index in [4.69, 9.17) is 4.74 Å². The van der Waals surface area contributed by atoms with E-state index in [1.165, 1.54) is 0 Å². The second-order valence-electron chi connectivity index (χ2n) is 5.89. The summed E-state index contributed by atoms with van der Waals surface area (Å²) in [6, 6.07) is 14.6. The Bertz CT molecular complexity index is 991. The van der Waals surface area contributed by atoms with E-state index in [9.17, 15) is 8.42 Å². The lowest BCUT2D eigenvalue weighted by atomic mass is 10.1. The molecule has 1 aliphatic heterocycles. The van der Waals surface area contributed by atoms with E-state index in [1.54, 1.807) is 35.7 Å². The van der Waals surface area contributed by atoms with Crippen LogP contribution in [0.25, 0.3) is 10.9 Å². The Kier molecular flexibility index (Phi) is 3.58. The molecule has 3 aromatic rings. The number of para-hydroxylation sites is 1. The molecule has 0 spiro atoms. The van der Waals surface area contributed by atoms with Gasteiger partial charge in [-0.15, -0.1) is 0 Å². The fraction of sp³-hybridized carbons (Fsp3) is 0.222. The normalized spacial score (nSPS) is 15.4. The molecule has 1 aromatic heterocycles. The van der Waals surface area contributed by atoms with Crippen LogP contribution in [0.2, 0.25) is 0 Å². The van der Waals surface area contributed by atoms with Gasteiger partial charge in [0, 0.05) is 36.1 Å². The average Bonchev–Trinajstić information content (AvgIpc) is 2.99. The van der Waals surface area contributed by atoms with Crippen LogP contribution in [-0.2, 0) is 23.0 Å². The van der Waals surface area contributed by atoms with Crippen LogP contribution in [0.5, 0.6) is 5.75 Å². The summed E-state index contributed by atoms with van der Waals surface area (Å²) in [6.07, 6.45) is 0.694. The van der Waals surface area contributed by atoms with Gasteiger partial charge in [-0.25, -0.2) is 8.42 Å². The minimum absolute atomic E-state index is 0.298. The van der Waals surface area contributed by atoms with Crippen LogP contribution in [0.4, 0.5) is 0 Å². The fourth-order valence-corrected chi connectivity index (χ4v) is 4.65. The van der Waals surface area contributed by atoms with Gasteiger partial charge in [-0.3, -0.25) is 0 Å². The topological polar surface area (TPSA) is 62.4 Å². The minimum Gasteiger partial charge on any atom is -0.497 e. The third-order valence-electron chi connectivity index (χ3n) is 4.54. The predicted molar refractivity (Wildman–Crippen MR) is 92.6 cm³/mol. The zero-order valence-corrected chi connectivity index (χ0v) is 14.1. The van der Waals surface area contributed by atoms with Gasteiger partial charge in [0.05, 0.1) is 12.0 Å².